The Morgan fingerprint density at radius 3 is 2.52 bits per heavy atom. The average Bonchev–Trinajstić information content (AvgIpc) is 2.73. The average molecular weight is 357 g/mol. The first kappa shape index (κ1) is 17.8. The molecular formula is C20H15N5O2. The van der Waals surface area contributed by atoms with Crippen LogP contribution in [0.5, 0.6) is 0 Å². The van der Waals surface area contributed by atoms with E-state index in [2.05, 4.69) is 20.6 Å². The molecule has 0 aliphatic carbocycles. The SMILES string of the molecule is N#Cc1cccc(NC(=O)c2cccc(C(=O)NCc3cccnc3)n2)c1. The zero-order valence-electron chi connectivity index (χ0n) is 14.2. The van der Waals surface area contributed by atoms with E-state index in [1.807, 2.05) is 12.1 Å². The maximum atomic E-state index is 12.4. The molecule has 0 saturated heterocycles. The Morgan fingerprint density at radius 2 is 1.78 bits per heavy atom. The van der Waals surface area contributed by atoms with Crippen molar-refractivity contribution >= 4 is 17.5 Å². The van der Waals surface area contributed by atoms with Crippen molar-refractivity contribution < 1.29 is 9.59 Å². The van der Waals surface area contributed by atoms with Gasteiger partial charge >= 0.3 is 0 Å². The van der Waals surface area contributed by atoms with Crippen LogP contribution in [0.25, 0.3) is 0 Å². The third-order valence-electron chi connectivity index (χ3n) is 3.64. The van der Waals surface area contributed by atoms with Crippen LogP contribution >= 0.6 is 0 Å². The number of aromatic nitrogens is 2. The first-order valence-corrected chi connectivity index (χ1v) is 8.11. The minimum atomic E-state index is -0.466. The summed E-state index contributed by atoms with van der Waals surface area (Å²) in [7, 11) is 0. The summed E-state index contributed by atoms with van der Waals surface area (Å²) in [5, 5.41) is 14.3. The standard InChI is InChI=1S/C20H15N5O2/c21-11-14-4-1-6-16(10-14)24-20(27)18-8-2-7-17(25-18)19(26)23-13-15-5-3-9-22-12-15/h1-10,12H,13H2,(H,23,26)(H,24,27). The van der Waals surface area contributed by atoms with Crippen molar-refractivity contribution in [2.45, 2.75) is 6.54 Å². The minimum absolute atomic E-state index is 0.103. The van der Waals surface area contributed by atoms with E-state index in [0.29, 0.717) is 17.8 Å². The second kappa shape index (κ2) is 8.36. The van der Waals surface area contributed by atoms with E-state index in [4.69, 9.17) is 5.26 Å². The van der Waals surface area contributed by atoms with E-state index in [9.17, 15) is 9.59 Å². The molecule has 2 heterocycles. The van der Waals surface area contributed by atoms with Gasteiger partial charge in [0.1, 0.15) is 11.4 Å². The Kier molecular flexibility index (Phi) is 5.50. The Balaban J connectivity index is 1.68. The summed E-state index contributed by atoms with van der Waals surface area (Å²) < 4.78 is 0. The van der Waals surface area contributed by atoms with Crippen LogP contribution in [0.4, 0.5) is 5.69 Å². The Labute approximate surface area is 155 Å². The van der Waals surface area contributed by atoms with E-state index >= 15 is 0 Å². The second-order valence-corrected chi connectivity index (χ2v) is 5.60. The second-order valence-electron chi connectivity index (χ2n) is 5.60. The third kappa shape index (κ3) is 4.74. The summed E-state index contributed by atoms with van der Waals surface area (Å²) in [5.41, 5.74) is 2.01. The summed E-state index contributed by atoms with van der Waals surface area (Å²) in [4.78, 5) is 32.7. The molecule has 0 atom stereocenters. The molecule has 0 unspecified atom stereocenters. The van der Waals surface area contributed by atoms with Crippen LogP contribution in [0.3, 0.4) is 0 Å². The van der Waals surface area contributed by atoms with Crippen molar-refractivity contribution in [1.82, 2.24) is 15.3 Å². The Hall–Kier alpha value is -4.05. The highest BCUT2D eigenvalue weighted by Crippen LogP contribution is 2.11. The van der Waals surface area contributed by atoms with Gasteiger partial charge in [-0.3, -0.25) is 14.6 Å². The van der Waals surface area contributed by atoms with Crippen molar-refractivity contribution in [1.29, 1.82) is 5.26 Å². The number of benzene rings is 1. The molecule has 0 aliphatic heterocycles. The van der Waals surface area contributed by atoms with Crippen LogP contribution in [0, 0.1) is 11.3 Å². The monoisotopic (exact) mass is 357 g/mol. The first-order chi connectivity index (χ1) is 13.2. The zero-order valence-corrected chi connectivity index (χ0v) is 14.2. The molecule has 3 aromatic rings. The van der Waals surface area contributed by atoms with Crippen molar-refractivity contribution in [3.8, 4) is 6.07 Å². The van der Waals surface area contributed by atoms with E-state index in [1.54, 1.807) is 48.8 Å². The molecule has 27 heavy (non-hydrogen) atoms. The molecule has 0 bridgehead atoms. The van der Waals surface area contributed by atoms with Gasteiger partial charge in [-0.2, -0.15) is 5.26 Å². The lowest BCUT2D eigenvalue weighted by Crippen LogP contribution is -2.25. The van der Waals surface area contributed by atoms with Crippen LogP contribution < -0.4 is 10.6 Å². The first-order valence-electron chi connectivity index (χ1n) is 8.11. The van der Waals surface area contributed by atoms with Crippen LogP contribution in [0.2, 0.25) is 0 Å². The topological polar surface area (TPSA) is 108 Å². The number of nitriles is 1. The quantitative estimate of drug-likeness (QED) is 0.729. The van der Waals surface area contributed by atoms with Gasteiger partial charge in [-0.1, -0.05) is 18.2 Å². The molecule has 1 aromatic carbocycles. The lowest BCUT2D eigenvalue weighted by molar-refractivity contribution is 0.0945. The van der Waals surface area contributed by atoms with Crippen LogP contribution in [0.15, 0.2) is 67.0 Å². The molecule has 0 saturated carbocycles. The minimum Gasteiger partial charge on any atom is -0.347 e. The van der Waals surface area contributed by atoms with Gasteiger partial charge in [0, 0.05) is 24.6 Å². The normalized spacial score (nSPS) is 9.89. The number of carbonyl (C=O) groups is 2. The number of hydrogen-bond donors (Lipinski definition) is 2. The number of carbonyl (C=O) groups excluding carboxylic acids is 2. The highest BCUT2D eigenvalue weighted by molar-refractivity contribution is 6.03. The molecule has 0 radical (unpaired) electrons. The Bertz CT molecular complexity index is 1010. The molecule has 132 valence electrons. The molecule has 7 heteroatoms. The molecule has 0 fully saturated rings. The van der Waals surface area contributed by atoms with Crippen LogP contribution in [-0.2, 0) is 6.54 Å². The smallest absolute Gasteiger partial charge is 0.274 e. The summed E-state index contributed by atoms with van der Waals surface area (Å²) in [6.07, 6.45) is 3.31. The zero-order chi connectivity index (χ0) is 19.1. The number of pyridine rings is 2. The maximum absolute atomic E-state index is 12.4. The number of hydrogen-bond acceptors (Lipinski definition) is 5. The number of nitrogens with zero attached hydrogens (tertiary/aromatic N) is 3. The molecule has 7 nitrogen and oxygen atoms in total. The van der Waals surface area contributed by atoms with Crippen molar-refractivity contribution in [2.24, 2.45) is 0 Å². The van der Waals surface area contributed by atoms with Crippen LogP contribution in [-0.4, -0.2) is 21.8 Å². The molecule has 3 rings (SSSR count). The summed E-state index contributed by atoms with van der Waals surface area (Å²) in [6.45, 7) is 0.311. The molecule has 2 N–H and O–H groups in total. The largest absolute Gasteiger partial charge is 0.347 e. The number of anilines is 1. The number of nitrogens with one attached hydrogen (secondary N) is 2. The van der Waals surface area contributed by atoms with Crippen molar-refractivity contribution in [3.63, 3.8) is 0 Å². The van der Waals surface area contributed by atoms with Gasteiger partial charge in [-0.05, 0) is 42.0 Å². The predicted octanol–water partition coefficient (Wildman–Crippen LogP) is 2.53. The molecule has 0 aliphatic rings. The molecular weight excluding hydrogens is 342 g/mol. The highest BCUT2D eigenvalue weighted by atomic mass is 16.2. The lowest BCUT2D eigenvalue weighted by atomic mass is 10.2. The highest BCUT2D eigenvalue weighted by Gasteiger charge is 2.13. The van der Waals surface area contributed by atoms with Gasteiger partial charge in [-0.25, -0.2) is 4.98 Å². The van der Waals surface area contributed by atoms with Crippen LogP contribution in [0.1, 0.15) is 32.1 Å². The molecule has 2 aromatic heterocycles. The molecule has 0 spiro atoms. The van der Waals surface area contributed by atoms with E-state index in [1.165, 1.54) is 12.1 Å². The van der Waals surface area contributed by atoms with Crippen molar-refractivity contribution in [2.75, 3.05) is 5.32 Å². The fourth-order valence-corrected chi connectivity index (χ4v) is 2.32. The lowest BCUT2D eigenvalue weighted by Gasteiger charge is -2.07. The summed E-state index contributed by atoms with van der Waals surface area (Å²) >= 11 is 0. The van der Waals surface area contributed by atoms with E-state index < -0.39 is 5.91 Å². The van der Waals surface area contributed by atoms with E-state index in [-0.39, 0.29) is 17.3 Å². The van der Waals surface area contributed by atoms with Gasteiger partial charge in [0.15, 0.2) is 0 Å². The fourth-order valence-electron chi connectivity index (χ4n) is 2.32. The van der Waals surface area contributed by atoms with Crippen molar-refractivity contribution in [3.05, 3.63) is 89.5 Å². The number of amides is 2. The van der Waals surface area contributed by atoms with Gasteiger partial charge < -0.3 is 10.6 Å². The van der Waals surface area contributed by atoms with Gasteiger partial charge in [0.25, 0.3) is 11.8 Å². The van der Waals surface area contributed by atoms with Gasteiger partial charge in [0.2, 0.25) is 0 Å². The predicted molar refractivity (Wildman–Crippen MR) is 98.8 cm³/mol. The number of rotatable bonds is 5. The summed E-state index contributed by atoms with van der Waals surface area (Å²) in [6, 6.07) is 16.8. The maximum Gasteiger partial charge on any atom is 0.274 e. The summed E-state index contributed by atoms with van der Waals surface area (Å²) in [5.74, 6) is -0.855. The third-order valence-corrected chi connectivity index (χ3v) is 3.64. The van der Waals surface area contributed by atoms with E-state index in [0.717, 1.165) is 5.56 Å². The molecule has 2 amide bonds. The van der Waals surface area contributed by atoms with Gasteiger partial charge in [-0.15, -0.1) is 0 Å². The Morgan fingerprint density at radius 1 is 1.00 bits per heavy atom. The van der Waals surface area contributed by atoms with Gasteiger partial charge in [0.05, 0.1) is 11.6 Å². The fraction of sp³-hybridized carbons (Fsp3) is 0.0500.